The fourth-order valence-corrected chi connectivity index (χ4v) is 1.27. The standard InChI is InChI=1S/C10H7ClF3N3/c11-8-4-2-1-3-7(8)5-6-9(16-17-15)10(12,13)14/h1-6,9H. The van der Waals surface area contributed by atoms with Gasteiger partial charge in [0.2, 0.25) is 0 Å². The van der Waals surface area contributed by atoms with Crippen molar-refractivity contribution in [3.63, 3.8) is 0 Å². The molecule has 1 atom stereocenters. The molecule has 0 spiro atoms. The van der Waals surface area contributed by atoms with Crippen molar-refractivity contribution in [1.29, 1.82) is 0 Å². The second-order valence-corrected chi connectivity index (χ2v) is 3.48. The highest BCUT2D eigenvalue weighted by molar-refractivity contribution is 6.32. The Morgan fingerprint density at radius 2 is 2.00 bits per heavy atom. The van der Waals surface area contributed by atoms with Crippen LogP contribution in [0.5, 0.6) is 0 Å². The van der Waals surface area contributed by atoms with E-state index in [0.717, 1.165) is 6.08 Å². The van der Waals surface area contributed by atoms with Crippen molar-refractivity contribution in [3.05, 3.63) is 51.4 Å². The van der Waals surface area contributed by atoms with E-state index in [2.05, 4.69) is 10.0 Å². The van der Waals surface area contributed by atoms with E-state index in [1.165, 1.54) is 6.08 Å². The van der Waals surface area contributed by atoms with Crippen LogP contribution in [0.15, 0.2) is 35.5 Å². The predicted octanol–water partition coefficient (Wildman–Crippen LogP) is 4.59. The molecule has 0 bridgehead atoms. The highest BCUT2D eigenvalue weighted by atomic mass is 35.5. The number of nitrogens with zero attached hydrogens (tertiary/aromatic N) is 3. The van der Waals surface area contributed by atoms with Gasteiger partial charge < -0.3 is 0 Å². The molecule has 7 heteroatoms. The lowest BCUT2D eigenvalue weighted by atomic mass is 10.1. The van der Waals surface area contributed by atoms with E-state index in [4.69, 9.17) is 17.1 Å². The molecule has 0 aliphatic carbocycles. The maximum atomic E-state index is 12.4. The predicted molar refractivity (Wildman–Crippen MR) is 59.5 cm³/mol. The average Bonchev–Trinajstić information content (AvgIpc) is 2.24. The van der Waals surface area contributed by atoms with Gasteiger partial charge in [-0.15, -0.1) is 0 Å². The Hall–Kier alpha value is -1.65. The smallest absolute Gasteiger partial charge is 0.170 e. The summed E-state index contributed by atoms with van der Waals surface area (Å²) in [7, 11) is 0. The van der Waals surface area contributed by atoms with E-state index in [1.54, 1.807) is 24.3 Å². The Morgan fingerprint density at radius 1 is 1.35 bits per heavy atom. The van der Waals surface area contributed by atoms with Gasteiger partial charge >= 0.3 is 6.18 Å². The number of rotatable bonds is 3. The molecule has 1 aromatic carbocycles. The number of hydrogen-bond donors (Lipinski definition) is 0. The van der Waals surface area contributed by atoms with Gasteiger partial charge in [-0.3, -0.25) is 0 Å². The number of benzene rings is 1. The molecular formula is C10H7ClF3N3. The van der Waals surface area contributed by atoms with Crippen molar-refractivity contribution in [2.75, 3.05) is 0 Å². The van der Waals surface area contributed by atoms with E-state index in [1.807, 2.05) is 0 Å². The Labute approximate surface area is 100 Å². The van der Waals surface area contributed by atoms with Gasteiger partial charge in [-0.05, 0) is 17.2 Å². The third kappa shape index (κ3) is 4.01. The maximum absolute atomic E-state index is 12.4. The first-order chi connectivity index (χ1) is 7.95. The average molecular weight is 262 g/mol. The zero-order chi connectivity index (χ0) is 12.9. The molecule has 3 nitrogen and oxygen atoms in total. The van der Waals surface area contributed by atoms with Crippen LogP contribution in [-0.2, 0) is 0 Å². The van der Waals surface area contributed by atoms with Gasteiger partial charge in [0.25, 0.3) is 0 Å². The highest BCUT2D eigenvalue weighted by Gasteiger charge is 2.37. The first-order valence-corrected chi connectivity index (χ1v) is 4.86. The molecule has 90 valence electrons. The van der Waals surface area contributed by atoms with E-state index in [9.17, 15) is 13.2 Å². The molecule has 0 heterocycles. The first-order valence-electron chi connectivity index (χ1n) is 4.49. The van der Waals surface area contributed by atoms with Gasteiger partial charge in [0.15, 0.2) is 6.04 Å². The van der Waals surface area contributed by atoms with E-state index in [0.29, 0.717) is 10.6 Å². The van der Waals surface area contributed by atoms with Gasteiger partial charge in [-0.1, -0.05) is 47.1 Å². The molecule has 1 rings (SSSR count). The summed E-state index contributed by atoms with van der Waals surface area (Å²) >= 11 is 5.76. The van der Waals surface area contributed by atoms with Crippen LogP contribution in [0.4, 0.5) is 13.2 Å². The molecule has 0 amide bonds. The molecule has 0 aromatic heterocycles. The molecule has 0 radical (unpaired) electrons. The number of halogens is 4. The third-order valence-corrected chi connectivity index (χ3v) is 2.22. The largest absolute Gasteiger partial charge is 0.400 e. The van der Waals surface area contributed by atoms with E-state index in [-0.39, 0.29) is 0 Å². The molecule has 0 aliphatic rings. The van der Waals surface area contributed by atoms with E-state index < -0.39 is 12.2 Å². The molecule has 0 aliphatic heterocycles. The lowest BCUT2D eigenvalue weighted by molar-refractivity contribution is -0.136. The van der Waals surface area contributed by atoms with Crippen LogP contribution in [0.3, 0.4) is 0 Å². The van der Waals surface area contributed by atoms with Crippen molar-refractivity contribution in [1.82, 2.24) is 0 Å². The van der Waals surface area contributed by atoms with Crippen molar-refractivity contribution >= 4 is 17.7 Å². The van der Waals surface area contributed by atoms with Gasteiger partial charge in [0.1, 0.15) is 0 Å². The Balaban J connectivity index is 2.95. The first kappa shape index (κ1) is 13.4. The van der Waals surface area contributed by atoms with Gasteiger partial charge in [0.05, 0.1) is 0 Å². The number of alkyl halides is 3. The lowest BCUT2D eigenvalue weighted by Crippen LogP contribution is -2.24. The number of azide groups is 1. The van der Waals surface area contributed by atoms with Crippen LogP contribution in [0.2, 0.25) is 5.02 Å². The summed E-state index contributed by atoms with van der Waals surface area (Å²) in [5.74, 6) is 0. The van der Waals surface area contributed by atoms with Crippen LogP contribution >= 0.6 is 11.6 Å². The normalized spacial score (nSPS) is 13.4. The van der Waals surface area contributed by atoms with Crippen molar-refractivity contribution < 1.29 is 13.2 Å². The zero-order valence-corrected chi connectivity index (χ0v) is 9.15. The molecule has 0 saturated heterocycles. The van der Waals surface area contributed by atoms with Gasteiger partial charge in [-0.25, -0.2) is 0 Å². The Bertz CT molecular complexity index is 464. The topological polar surface area (TPSA) is 48.8 Å². The lowest BCUT2D eigenvalue weighted by Gasteiger charge is -2.10. The summed E-state index contributed by atoms with van der Waals surface area (Å²) in [4.78, 5) is 2.16. The zero-order valence-electron chi connectivity index (χ0n) is 8.39. The molecular weight excluding hydrogens is 255 g/mol. The summed E-state index contributed by atoms with van der Waals surface area (Å²) < 4.78 is 37.1. The molecule has 0 fully saturated rings. The fraction of sp³-hybridized carbons (Fsp3) is 0.200. The Kier molecular flexibility index (Phi) is 4.43. The van der Waals surface area contributed by atoms with Gasteiger partial charge in [-0.2, -0.15) is 13.2 Å². The minimum absolute atomic E-state index is 0.325. The summed E-state index contributed by atoms with van der Waals surface area (Å²) in [6, 6.07) is 4.22. The quantitative estimate of drug-likeness (QED) is 0.434. The molecule has 0 N–H and O–H groups in total. The van der Waals surface area contributed by atoms with Crippen LogP contribution in [0.1, 0.15) is 5.56 Å². The van der Waals surface area contributed by atoms with Gasteiger partial charge in [0, 0.05) is 9.93 Å². The van der Waals surface area contributed by atoms with Crippen LogP contribution < -0.4 is 0 Å². The second kappa shape index (κ2) is 5.61. The third-order valence-electron chi connectivity index (χ3n) is 1.87. The van der Waals surface area contributed by atoms with Crippen molar-refractivity contribution in [2.24, 2.45) is 5.11 Å². The molecule has 17 heavy (non-hydrogen) atoms. The minimum atomic E-state index is -4.61. The maximum Gasteiger partial charge on any atom is 0.400 e. The molecule has 0 saturated carbocycles. The SMILES string of the molecule is [N-]=[N+]=NC(C=Cc1ccccc1Cl)C(F)(F)F. The monoisotopic (exact) mass is 261 g/mol. The van der Waals surface area contributed by atoms with Crippen molar-refractivity contribution in [2.45, 2.75) is 12.2 Å². The Morgan fingerprint density at radius 3 is 2.53 bits per heavy atom. The highest BCUT2D eigenvalue weighted by Crippen LogP contribution is 2.25. The summed E-state index contributed by atoms with van der Waals surface area (Å²) in [5, 5.41) is 2.99. The minimum Gasteiger partial charge on any atom is -0.170 e. The van der Waals surface area contributed by atoms with Crippen LogP contribution in [0.25, 0.3) is 16.5 Å². The van der Waals surface area contributed by atoms with Crippen LogP contribution in [0, 0.1) is 0 Å². The summed E-state index contributed by atoms with van der Waals surface area (Å²) in [6.07, 6.45) is -2.67. The van der Waals surface area contributed by atoms with Crippen LogP contribution in [-0.4, -0.2) is 12.2 Å². The summed E-state index contributed by atoms with van der Waals surface area (Å²) in [6.45, 7) is 0. The fourth-order valence-electron chi connectivity index (χ4n) is 1.07. The molecule has 1 unspecified atom stereocenters. The molecule has 1 aromatic rings. The summed E-state index contributed by atoms with van der Waals surface area (Å²) in [5.41, 5.74) is 8.48. The van der Waals surface area contributed by atoms with E-state index >= 15 is 0 Å². The number of hydrogen-bond acceptors (Lipinski definition) is 1. The van der Waals surface area contributed by atoms with Crippen molar-refractivity contribution in [3.8, 4) is 0 Å². The second-order valence-electron chi connectivity index (χ2n) is 3.07.